The van der Waals surface area contributed by atoms with Gasteiger partial charge >= 0.3 is 0 Å². The van der Waals surface area contributed by atoms with Crippen LogP contribution in [0.25, 0.3) is 5.57 Å². The third kappa shape index (κ3) is 5.15. The first-order valence-electron chi connectivity index (χ1n) is 9.64. The van der Waals surface area contributed by atoms with Crippen LogP contribution in [0, 0.1) is 37.5 Å². The Kier molecular flexibility index (Phi) is 6.66. The highest BCUT2D eigenvalue weighted by Gasteiger charge is 2.24. The highest BCUT2D eigenvalue weighted by molar-refractivity contribution is 5.90. The van der Waals surface area contributed by atoms with Crippen molar-refractivity contribution in [1.29, 1.82) is 0 Å². The van der Waals surface area contributed by atoms with Crippen LogP contribution in [0.5, 0.6) is 0 Å². The average molecular weight is 390 g/mol. The molecular weight excluding hydrogens is 368 g/mol. The predicted octanol–water partition coefficient (Wildman–Crippen LogP) is 4.83. The standard InChI is InChI=1S/C28H22O2/c1-22-13-14-27(23(2)21-22)25(17-20-29)16-19-28(30,26-11-7-4-8-12-26)18-15-24-9-5-3-6-10-24/h3-14,17,20-21,30H,1-2H3/b25-17+. The molecule has 0 fully saturated rings. The molecule has 0 spiro atoms. The van der Waals surface area contributed by atoms with Crippen molar-refractivity contribution in [1.82, 2.24) is 0 Å². The fraction of sp³-hybridized carbons (Fsp3) is 0.107. The minimum Gasteiger partial charge on any atom is -0.363 e. The molecule has 3 aromatic carbocycles. The third-order valence-corrected chi connectivity index (χ3v) is 4.64. The van der Waals surface area contributed by atoms with Gasteiger partial charge in [0, 0.05) is 16.7 Å². The van der Waals surface area contributed by atoms with Crippen molar-refractivity contribution < 1.29 is 9.90 Å². The number of carbonyl (C=O) groups is 1. The molecule has 0 bridgehead atoms. The number of aliphatic hydroxyl groups is 1. The van der Waals surface area contributed by atoms with Gasteiger partial charge < -0.3 is 5.11 Å². The first kappa shape index (κ1) is 20.9. The lowest BCUT2D eigenvalue weighted by Crippen LogP contribution is -2.21. The monoisotopic (exact) mass is 390 g/mol. The summed E-state index contributed by atoms with van der Waals surface area (Å²) in [5.41, 5.74) is 3.21. The predicted molar refractivity (Wildman–Crippen MR) is 121 cm³/mol. The maximum atomic E-state index is 11.4. The molecule has 0 saturated heterocycles. The van der Waals surface area contributed by atoms with Gasteiger partial charge in [0.05, 0.1) is 0 Å². The van der Waals surface area contributed by atoms with E-state index in [0.717, 1.165) is 22.3 Å². The van der Waals surface area contributed by atoms with E-state index in [1.54, 1.807) is 12.1 Å². The zero-order chi connectivity index (χ0) is 21.4. The summed E-state index contributed by atoms with van der Waals surface area (Å²) in [6.07, 6.45) is 2.13. The van der Waals surface area contributed by atoms with E-state index in [9.17, 15) is 9.90 Å². The summed E-state index contributed by atoms with van der Waals surface area (Å²) < 4.78 is 0. The van der Waals surface area contributed by atoms with Gasteiger partial charge in [0.15, 0.2) is 0 Å². The van der Waals surface area contributed by atoms with Crippen molar-refractivity contribution in [3.8, 4) is 23.7 Å². The molecule has 0 aliphatic carbocycles. The van der Waals surface area contributed by atoms with Crippen molar-refractivity contribution >= 4 is 11.9 Å². The Balaban J connectivity index is 2.09. The fourth-order valence-corrected chi connectivity index (χ4v) is 3.08. The van der Waals surface area contributed by atoms with Crippen LogP contribution in [-0.2, 0) is 10.4 Å². The molecule has 0 aliphatic rings. The van der Waals surface area contributed by atoms with Crippen LogP contribution >= 0.6 is 0 Å². The van der Waals surface area contributed by atoms with Gasteiger partial charge in [-0.15, -0.1) is 0 Å². The lowest BCUT2D eigenvalue weighted by Gasteiger charge is -2.16. The van der Waals surface area contributed by atoms with E-state index in [-0.39, 0.29) is 0 Å². The number of aryl methyl sites for hydroxylation is 2. The molecular formula is C28H22O2. The van der Waals surface area contributed by atoms with E-state index in [1.807, 2.05) is 80.6 Å². The van der Waals surface area contributed by atoms with Gasteiger partial charge in [0.2, 0.25) is 5.60 Å². The molecule has 0 saturated carbocycles. The molecule has 3 aromatic rings. The largest absolute Gasteiger partial charge is 0.363 e. The lowest BCUT2D eigenvalue weighted by atomic mass is 9.92. The van der Waals surface area contributed by atoms with Crippen molar-refractivity contribution in [2.75, 3.05) is 0 Å². The van der Waals surface area contributed by atoms with E-state index in [1.165, 1.54) is 6.08 Å². The van der Waals surface area contributed by atoms with Gasteiger partial charge in [-0.05, 0) is 55.0 Å². The molecule has 146 valence electrons. The summed E-state index contributed by atoms with van der Waals surface area (Å²) >= 11 is 0. The van der Waals surface area contributed by atoms with Gasteiger partial charge in [-0.3, -0.25) is 4.79 Å². The average Bonchev–Trinajstić information content (AvgIpc) is 2.77. The maximum Gasteiger partial charge on any atom is 0.214 e. The van der Waals surface area contributed by atoms with Gasteiger partial charge in [-0.2, -0.15) is 0 Å². The Morgan fingerprint density at radius 1 is 0.900 bits per heavy atom. The molecule has 0 radical (unpaired) electrons. The first-order chi connectivity index (χ1) is 14.5. The molecule has 0 aromatic heterocycles. The minimum atomic E-state index is -1.68. The molecule has 1 unspecified atom stereocenters. The van der Waals surface area contributed by atoms with Crippen LogP contribution in [0.3, 0.4) is 0 Å². The Hall–Kier alpha value is -3.85. The fourth-order valence-electron chi connectivity index (χ4n) is 3.08. The number of rotatable bonds is 3. The Labute approximate surface area is 177 Å². The number of carbonyl (C=O) groups excluding carboxylic acids is 1. The topological polar surface area (TPSA) is 37.3 Å². The molecule has 0 amide bonds. The molecule has 1 N–H and O–H groups in total. The summed E-state index contributed by atoms with van der Waals surface area (Å²) in [5, 5.41) is 11.4. The number of hydrogen-bond acceptors (Lipinski definition) is 2. The molecule has 3 rings (SSSR count). The summed E-state index contributed by atoms with van der Waals surface area (Å²) in [6.45, 7) is 3.99. The maximum absolute atomic E-state index is 11.4. The molecule has 1 atom stereocenters. The van der Waals surface area contributed by atoms with Crippen LogP contribution in [0.1, 0.15) is 27.8 Å². The zero-order valence-corrected chi connectivity index (χ0v) is 17.0. The van der Waals surface area contributed by atoms with Crippen molar-refractivity contribution in [2.24, 2.45) is 0 Å². The lowest BCUT2D eigenvalue weighted by molar-refractivity contribution is -0.104. The van der Waals surface area contributed by atoms with Gasteiger partial charge in [0.1, 0.15) is 6.29 Å². The van der Waals surface area contributed by atoms with Gasteiger partial charge in [-0.1, -0.05) is 84.1 Å². The van der Waals surface area contributed by atoms with Gasteiger partial charge in [0.25, 0.3) is 0 Å². The second-order valence-electron chi connectivity index (χ2n) is 6.98. The number of hydrogen-bond donors (Lipinski definition) is 1. The molecule has 0 aliphatic heterocycles. The Morgan fingerprint density at radius 2 is 1.57 bits per heavy atom. The highest BCUT2D eigenvalue weighted by atomic mass is 16.3. The number of aldehydes is 1. The smallest absolute Gasteiger partial charge is 0.214 e. The summed E-state index contributed by atoms with van der Waals surface area (Å²) in [5.74, 6) is 11.8. The van der Waals surface area contributed by atoms with E-state index in [4.69, 9.17) is 0 Å². The SMILES string of the molecule is Cc1ccc(/C(C#CC(O)(C#Cc2ccccc2)c2ccccc2)=C/C=O)c(C)c1. The van der Waals surface area contributed by atoms with E-state index >= 15 is 0 Å². The first-order valence-corrected chi connectivity index (χ1v) is 9.64. The van der Waals surface area contributed by atoms with Crippen molar-refractivity contribution in [2.45, 2.75) is 19.4 Å². The summed E-state index contributed by atoms with van der Waals surface area (Å²) in [7, 11) is 0. The summed E-state index contributed by atoms with van der Waals surface area (Å²) in [6, 6.07) is 24.5. The Bertz CT molecular complexity index is 1180. The zero-order valence-electron chi connectivity index (χ0n) is 17.0. The Morgan fingerprint density at radius 3 is 2.20 bits per heavy atom. The van der Waals surface area contributed by atoms with Crippen molar-refractivity contribution in [3.05, 3.63) is 113 Å². The second-order valence-corrected chi connectivity index (χ2v) is 6.98. The van der Waals surface area contributed by atoms with Crippen LogP contribution in [0.15, 0.2) is 84.9 Å². The van der Waals surface area contributed by atoms with E-state index in [0.29, 0.717) is 17.4 Å². The molecule has 2 nitrogen and oxygen atoms in total. The van der Waals surface area contributed by atoms with E-state index in [2.05, 4.69) is 23.7 Å². The highest BCUT2D eigenvalue weighted by Crippen LogP contribution is 2.23. The second kappa shape index (κ2) is 9.57. The minimum absolute atomic E-state index is 0.540. The molecule has 30 heavy (non-hydrogen) atoms. The van der Waals surface area contributed by atoms with Crippen LogP contribution in [-0.4, -0.2) is 11.4 Å². The summed E-state index contributed by atoms with van der Waals surface area (Å²) in [4.78, 5) is 11.2. The normalized spacial score (nSPS) is 12.6. The number of allylic oxidation sites excluding steroid dienone is 2. The van der Waals surface area contributed by atoms with E-state index < -0.39 is 5.60 Å². The van der Waals surface area contributed by atoms with Crippen LogP contribution in [0.4, 0.5) is 0 Å². The van der Waals surface area contributed by atoms with Crippen LogP contribution in [0.2, 0.25) is 0 Å². The van der Waals surface area contributed by atoms with Crippen LogP contribution < -0.4 is 0 Å². The third-order valence-electron chi connectivity index (χ3n) is 4.64. The quantitative estimate of drug-likeness (QED) is 0.395. The van der Waals surface area contributed by atoms with Crippen molar-refractivity contribution in [3.63, 3.8) is 0 Å². The molecule has 0 heterocycles. The molecule has 2 heteroatoms. The van der Waals surface area contributed by atoms with Gasteiger partial charge in [-0.25, -0.2) is 0 Å². The number of benzene rings is 3.